The fourth-order valence-electron chi connectivity index (χ4n) is 1.87. The summed E-state index contributed by atoms with van der Waals surface area (Å²) in [5.41, 5.74) is 0. The summed E-state index contributed by atoms with van der Waals surface area (Å²) in [6, 6.07) is 0. The first-order valence-electron chi connectivity index (χ1n) is 10.1. The van der Waals surface area contributed by atoms with E-state index in [4.69, 9.17) is 32.8 Å². The van der Waals surface area contributed by atoms with Crippen LogP contribution < -0.4 is 0 Å². The molecule has 0 N–H and O–H groups in total. The molecule has 0 spiro atoms. The molecule has 0 fully saturated rings. The van der Waals surface area contributed by atoms with Gasteiger partial charge in [-0.05, 0) is 19.6 Å². The van der Waals surface area contributed by atoms with E-state index in [1.165, 1.54) is 7.11 Å². The van der Waals surface area contributed by atoms with Crippen molar-refractivity contribution in [2.24, 2.45) is 0 Å². The molecule has 0 saturated carbocycles. The normalized spacial score (nSPS) is 11.7. The van der Waals surface area contributed by atoms with Crippen molar-refractivity contribution in [2.45, 2.75) is 26.1 Å². The minimum atomic E-state index is -1.44. The van der Waals surface area contributed by atoms with Crippen LogP contribution in [0.15, 0.2) is 0 Å². The van der Waals surface area contributed by atoms with Gasteiger partial charge in [-0.1, -0.05) is 0 Å². The lowest BCUT2D eigenvalue weighted by molar-refractivity contribution is -0.141. The Morgan fingerprint density at radius 2 is 0.862 bits per heavy atom. The Hall–Kier alpha value is -0.593. The predicted octanol–water partition coefficient (Wildman–Crippen LogP) is 1.50. The molecule has 0 heterocycles. The Labute approximate surface area is 176 Å². The van der Waals surface area contributed by atoms with E-state index in [-0.39, 0.29) is 12.4 Å². The third-order valence-electron chi connectivity index (χ3n) is 3.30. The fourth-order valence-corrected chi connectivity index (χ4v) is 2.56. The van der Waals surface area contributed by atoms with E-state index in [1.807, 2.05) is 0 Å². The lowest BCUT2D eigenvalue weighted by Gasteiger charge is -2.16. The smallest absolute Gasteiger partial charge is 0.307 e. The van der Waals surface area contributed by atoms with Crippen LogP contribution in [0, 0.1) is 0 Å². The Balaban J connectivity index is 3.06. The number of carbonyl (C=O) groups is 1. The van der Waals surface area contributed by atoms with Gasteiger partial charge in [0.2, 0.25) is 0 Å². The van der Waals surface area contributed by atoms with E-state index in [2.05, 4.69) is 24.4 Å². The molecular formula is C19H40O9Si. The number of methoxy groups -OCH3 is 1. The third kappa shape index (κ3) is 25.4. The number of esters is 1. The van der Waals surface area contributed by atoms with Crippen LogP contribution in [0.5, 0.6) is 0 Å². The highest BCUT2D eigenvalue weighted by molar-refractivity contribution is 6.69. The summed E-state index contributed by atoms with van der Waals surface area (Å²) in [7, 11) is -0.0822. The van der Waals surface area contributed by atoms with Crippen LogP contribution in [0.25, 0.3) is 0 Å². The van der Waals surface area contributed by atoms with Crippen molar-refractivity contribution in [3.8, 4) is 0 Å². The molecule has 0 unspecified atom stereocenters. The van der Waals surface area contributed by atoms with E-state index in [1.54, 1.807) is 0 Å². The zero-order chi connectivity index (χ0) is 21.6. The zero-order valence-corrected chi connectivity index (χ0v) is 19.6. The zero-order valence-electron chi connectivity index (χ0n) is 18.6. The molecule has 29 heavy (non-hydrogen) atoms. The molecule has 0 aliphatic heterocycles. The SMILES string of the molecule is COC(=O)CCOCCOCCOCCOCCOCCOCCO[Si](C)(C)C. The van der Waals surface area contributed by atoms with E-state index >= 15 is 0 Å². The first-order chi connectivity index (χ1) is 14.0. The number of ether oxygens (including phenoxy) is 7. The van der Waals surface area contributed by atoms with Gasteiger partial charge in [0.15, 0.2) is 8.32 Å². The summed E-state index contributed by atoms with van der Waals surface area (Å²) < 4.78 is 42.4. The summed E-state index contributed by atoms with van der Waals surface area (Å²) in [4.78, 5) is 10.9. The summed E-state index contributed by atoms with van der Waals surface area (Å²) in [6.07, 6.45) is 0.257. The molecule has 0 aliphatic carbocycles. The van der Waals surface area contributed by atoms with Crippen LogP contribution in [0.3, 0.4) is 0 Å². The molecule has 0 rings (SSSR count). The molecule has 0 aromatic heterocycles. The van der Waals surface area contributed by atoms with Gasteiger partial charge in [0.05, 0.1) is 99.4 Å². The van der Waals surface area contributed by atoms with E-state index in [0.29, 0.717) is 85.9 Å². The molecule has 0 saturated heterocycles. The highest BCUT2D eigenvalue weighted by Crippen LogP contribution is 2.01. The molecule has 0 aliphatic rings. The van der Waals surface area contributed by atoms with Gasteiger partial charge >= 0.3 is 5.97 Å². The second kappa shape index (κ2) is 20.7. The van der Waals surface area contributed by atoms with E-state index in [9.17, 15) is 4.79 Å². The van der Waals surface area contributed by atoms with Crippen LogP contribution in [-0.2, 0) is 42.4 Å². The topological polar surface area (TPSA) is 90.9 Å². The standard InChI is InChI=1S/C19H40O9Si/c1-21-19(20)5-6-22-7-8-23-9-10-24-11-12-25-13-14-26-15-16-27-17-18-28-29(2,3)4/h5-18H2,1-4H3. The Morgan fingerprint density at radius 1 is 0.552 bits per heavy atom. The van der Waals surface area contributed by atoms with Gasteiger partial charge in [0, 0.05) is 0 Å². The van der Waals surface area contributed by atoms with Gasteiger partial charge in [-0.2, -0.15) is 0 Å². The Kier molecular flexibility index (Phi) is 20.2. The molecule has 9 nitrogen and oxygen atoms in total. The summed E-state index contributed by atoms with van der Waals surface area (Å²) in [6.45, 7) is 13.2. The average molecular weight is 441 g/mol. The second-order valence-electron chi connectivity index (χ2n) is 6.96. The minimum Gasteiger partial charge on any atom is -0.469 e. The Bertz CT molecular complexity index is 364. The maximum absolute atomic E-state index is 10.9. The first kappa shape index (κ1) is 28.4. The van der Waals surface area contributed by atoms with Gasteiger partial charge in [-0.25, -0.2) is 0 Å². The molecule has 0 aromatic carbocycles. The number of rotatable bonds is 22. The van der Waals surface area contributed by atoms with E-state index < -0.39 is 8.32 Å². The van der Waals surface area contributed by atoms with Crippen LogP contribution in [-0.4, -0.2) is 107 Å². The van der Waals surface area contributed by atoms with Crippen LogP contribution in [0.4, 0.5) is 0 Å². The van der Waals surface area contributed by atoms with Gasteiger partial charge in [-0.3, -0.25) is 4.79 Å². The fraction of sp³-hybridized carbons (Fsp3) is 0.947. The van der Waals surface area contributed by atoms with Crippen molar-refractivity contribution < 1.29 is 42.4 Å². The van der Waals surface area contributed by atoms with Gasteiger partial charge in [0.1, 0.15) is 0 Å². The predicted molar refractivity (Wildman–Crippen MR) is 111 cm³/mol. The molecule has 0 radical (unpaired) electrons. The van der Waals surface area contributed by atoms with Crippen molar-refractivity contribution in [1.29, 1.82) is 0 Å². The molecule has 0 bridgehead atoms. The Morgan fingerprint density at radius 3 is 1.17 bits per heavy atom. The third-order valence-corrected chi connectivity index (χ3v) is 4.37. The first-order valence-corrected chi connectivity index (χ1v) is 13.5. The quantitative estimate of drug-likeness (QED) is 0.141. The monoisotopic (exact) mass is 440 g/mol. The van der Waals surface area contributed by atoms with Crippen molar-refractivity contribution in [3.05, 3.63) is 0 Å². The highest BCUT2D eigenvalue weighted by atomic mass is 28.4. The summed E-state index contributed by atoms with van der Waals surface area (Å²) in [5.74, 6) is -0.277. The van der Waals surface area contributed by atoms with Crippen molar-refractivity contribution in [3.63, 3.8) is 0 Å². The highest BCUT2D eigenvalue weighted by Gasteiger charge is 2.12. The number of hydrogen-bond acceptors (Lipinski definition) is 9. The van der Waals surface area contributed by atoms with Crippen LogP contribution in [0.2, 0.25) is 19.6 Å². The second-order valence-corrected chi connectivity index (χ2v) is 11.5. The van der Waals surface area contributed by atoms with Crippen molar-refractivity contribution in [1.82, 2.24) is 0 Å². The molecule has 0 amide bonds. The minimum absolute atomic E-state index is 0.257. The lowest BCUT2D eigenvalue weighted by atomic mass is 10.5. The van der Waals surface area contributed by atoms with Gasteiger partial charge in [-0.15, -0.1) is 0 Å². The van der Waals surface area contributed by atoms with E-state index in [0.717, 1.165) is 0 Å². The van der Waals surface area contributed by atoms with Crippen LogP contribution in [0.1, 0.15) is 6.42 Å². The maximum atomic E-state index is 10.9. The van der Waals surface area contributed by atoms with Crippen molar-refractivity contribution in [2.75, 3.05) is 93.0 Å². The molecular weight excluding hydrogens is 400 g/mol. The van der Waals surface area contributed by atoms with Crippen LogP contribution >= 0.6 is 0 Å². The molecule has 0 aromatic rings. The molecule has 174 valence electrons. The summed E-state index contributed by atoms with van der Waals surface area (Å²) in [5, 5.41) is 0. The van der Waals surface area contributed by atoms with Gasteiger partial charge in [0.25, 0.3) is 0 Å². The molecule has 10 heteroatoms. The molecule has 0 atom stereocenters. The number of hydrogen-bond donors (Lipinski definition) is 0. The largest absolute Gasteiger partial charge is 0.469 e. The maximum Gasteiger partial charge on any atom is 0.307 e. The lowest BCUT2D eigenvalue weighted by Crippen LogP contribution is -2.27. The van der Waals surface area contributed by atoms with Gasteiger partial charge < -0.3 is 37.6 Å². The number of carbonyl (C=O) groups excluding carboxylic acids is 1. The summed E-state index contributed by atoms with van der Waals surface area (Å²) >= 11 is 0. The van der Waals surface area contributed by atoms with Crippen molar-refractivity contribution >= 4 is 14.3 Å². The average Bonchev–Trinajstić information content (AvgIpc) is 2.68.